The van der Waals surface area contributed by atoms with Crippen molar-refractivity contribution in [3.63, 3.8) is 0 Å². The number of nitrogens with one attached hydrogen (secondary N) is 1. The highest BCUT2D eigenvalue weighted by atomic mass is 16.3. The molecule has 0 bridgehead atoms. The maximum absolute atomic E-state index is 9.36. The third-order valence-corrected chi connectivity index (χ3v) is 1.54. The van der Waals surface area contributed by atoms with Gasteiger partial charge in [0.05, 0.1) is 6.10 Å². The smallest absolute Gasteiger partial charge is 0.179 e. The van der Waals surface area contributed by atoms with Gasteiger partial charge in [0.2, 0.25) is 0 Å². The van der Waals surface area contributed by atoms with Gasteiger partial charge < -0.3 is 15.5 Å². The second-order valence-electron chi connectivity index (χ2n) is 3.34. The second-order valence-corrected chi connectivity index (χ2v) is 3.34. The minimum absolute atomic E-state index is 0.123. The highest BCUT2D eigenvalue weighted by molar-refractivity contribution is 4.85. The lowest BCUT2D eigenvalue weighted by Crippen LogP contribution is -2.27. The Balaban J connectivity index is 3.50. The van der Waals surface area contributed by atoms with Crippen LogP contribution in [0.15, 0.2) is 12.0 Å². The summed E-state index contributed by atoms with van der Waals surface area (Å²) in [6.07, 6.45) is 1.93. The Kier molecular flexibility index (Phi) is 5.54. The van der Waals surface area contributed by atoms with E-state index >= 15 is 0 Å². The first-order valence-corrected chi connectivity index (χ1v) is 4.33. The summed E-state index contributed by atoms with van der Waals surface area (Å²) >= 11 is 0. The van der Waals surface area contributed by atoms with Gasteiger partial charge in [-0.1, -0.05) is 13.8 Å². The van der Waals surface area contributed by atoms with Crippen molar-refractivity contribution in [3.8, 4) is 0 Å². The molecule has 72 valence electrons. The van der Waals surface area contributed by atoms with E-state index in [1.807, 2.05) is 0 Å². The number of rotatable bonds is 5. The van der Waals surface area contributed by atoms with Crippen molar-refractivity contribution in [1.82, 2.24) is 5.32 Å². The Morgan fingerprint density at radius 2 is 2.08 bits per heavy atom. The summed E-state index contributed by atoms with van der Waals surface area (Å²) in [5.74, 6) is 0.604. The third kappa shape index (κ3) is 6.04. The Hall–Kier alpha value is -0.700. The molecule has 0 aliphatic rings. The van der Waals surface area contributed by atoms with Gasteiger partial charge in [-0.05, 0) is 25.3 Å². The van der Waals surface area contributed by atoms with Crippen molar-refractivity contribution >= 4 is 0 Å². The zero-order valence-corrected chi connectivity index (χ0v) is 8.04. The summed E-state index contributed by atoms with van der Waals surface area (Å²) in [5.41, 5.74) is 0. The maximum Gasteiger partial charge on any atom is 0.179 e. The minimum Gasteiger partial charge on any atom is -0.495 e. The van der Waals surface area contributed by atoms with E-state index in [2.05, 4.69) is 19.2 Å². The van der Waals surface area contributed by atoms with Crippen LogP contribution in [0.2, 0.25) is 0 Å². The fourth-order valence-electron chi connectivity index (χ4n) is 0.952. The molecule has 0 saturated carbocycles. The van der Waals surface area contributed by atoms with Crippen LogP contribution in [0, 0.1) is 5.92 Å². The normalized spacial score (nSPS) is 14.9. The van der Waals surface area contributed by atoms with Gasteiger partial charge in [-0.2, -0.15) is 0 Å². The van der Waals surface area contributed by atoms with Crippen LogP contribution in [0.25, 0.3) is 0 Å². The molecule has 0 fully saturated rings. The Bertz CT molecular complexity index is 143. The molecule has 0 radical (unpaired) electrons. The Morgan fingerprint density at radius 3 is 2.50 bits per heavy atom. The molecule has 0 amide bonds. The van der Waals surface area contributed by atoms with Crippen LogP contribution in [-0.4, -0.2) is 22.9 Å². The molecule has 0 spiro atoms. The third-order valence-electron chi connectivity index (χ3n) is 1.54. The zero-order valence-electron chi connectivity index (χ0n) is 8.04. The van der Waals surface area contributed by atoms with E-state index in [4.69, 9.17) is 5.11 Å². The van der Waals surface area contributed by atoms with E-state index in [1.54, 1.807) is 13.0 Å². The van der Waals surface area contributed by atoms with Crippen LogP contribution in [-0.2, 0) is 0 Å². The second kappa shape index (κ2) is 5.89. The molecule has 0 aliphatic carbocycles. The van der Waals surface area contributed by atoms with Gasteiger partial charge in [0.15, 0.2) is 5.88 Å². The molecule has 0 heterocycles. The lowest BCUT2D eigenvalue weighted by Gasteiger charge is -2.13. The summed E-state index contributed by atoms with van der Waals surface area (Å²) in [7, 11) is 0. The van der Waals surface area contributed by atoms with Crippen LogP contribution < -0.4 is 5.32 Å². The topological polar surface area (TPSA) is 52.5 Å². The van der Waals surface area contributed by atoms with Crippen LogP contribution in [0.1, 0.15) is 27.2 Å². The highest BCUT2D eigenvalue weighted by Crippen LogP contribution is 2.03. The SMILES string of the molecule is C/C=C(\O)NCC(O)CC(C)C. The molecule has 0 aromatic heterocycles. The molecule has 3 N–H and O–H groups in total. The number of aliphatic hydroxyl groups excluding tert-OH is 2. The standard InChI is InChI=1S/C9H19NO2/c1-4-9(12)10-6-8(11)5-7(2)3/h4,7-8,10-12H,5-6H2,1-3H3/b9-4-. The molecule has 3 heteroatoms. The Morgan fingerprint density at radius 1 is 1.50 bits per heavy atom. The van der Waals surface area contributed by atoms with Crippen molar-refractivity contribution in [2.24, 2.45) is 5.92 Å². The summed E-state index contributed by atoms with van der Waals surface area (Å²) in [4.78, 5) is 0. The largest absolute Gasteiger partial charge is 0.495 e. The summed E-state index contributed by atoms with van der Waals surface area (Å²) in [6.45, 7) is 6.25. The van der Waals surface area contributed by atoms with Gasteiger partial charge in [-0.25, -0.2) is 0 Å². The molecular formula is C9H19NO2. The lowest BCUT2D eigenvalue weighted by molar-refractivity contribution is 0.144. The van der Waals surface area contributed by atoms with Gasteiger partial charge in [0.1, 0.15) is 0 Å². The number of aliphatic hydroxyl groups is 2. The van der Waals surface area contributed by atoms with E-state index in [-0.39, 0.29) is 12.0 Å². The minimum atomic E-state index is -0.382. The summed E-state index contributed by atoms with van der Waals surface area (Å²) in [6, 6.07) is 0. The van der Waals surface area contributed by atoms with Gasteiger partial charge in [0, 0.05) is 6.54 Å². The average molecular weight is 173 g/mol. The molecular weight excluding hydrogens is 154 g/mol. The number of hydrogen-bond donors (Lipinski definition) is 3. The lowest BCUT2D eigenvalue weighted by atomic mass is 10.1. The van der Waals surface area contributed by atoms with Gasteiger partial charge in [-0.15, -0.1) is 0 Å². The van der Waals surface area contributed by atoms with Gasteiger partial charge >= 0.3 is 0 Å². The molecule has 0 aromatic rings. The van der Waals surface area contributed by atoms with Gasteiger partial charge in [0.25, 0.3) is 0 Å². The van der Waals surface area contributed by atoms with E-state index < -0.39 is 0 Å². The Labute approximate surface area is 74.1 Å². The van der Waals surface area contributed by atoms with Crippen LogP contribution in [0.5, 0.6) is 0 Å². The predicted octanol–water partition coefficient (Wildman–Crippen LogP) is 1.40. The molecule has 0 aliphatic heterocycles. The highest BCUT2D eigenvalue weighted by Gasteiger charge is 2.06. The fraction of sp³-hybridized carbons (Fsp3) is 0.778. The van der Waals surface area contributed by atoms with Crippen molar-refractivity contribution in [1.29, 1.82) is 0 Å². The molecule has 1 unspecified atom stereocenters. The molecule has 0 saturated heterocycles. The molecule has 3 nitrogen and oxygen atoms in total. The van der Waals surface area contributed by atoms with Crippen molar-refractivity contribution < 1.29 is 10.2 Å². The first-order chi connectivity index (χ1) is 5.56. The van der Waals surface area contributed by atoms with Crippen molar-refractivity contribution in [2.45, 2.75) is 33.3 Å². The van der Waals surface area contributed by atoms with Crippen molar-refractivity contribution in [3.05, 3.63) is 12.0 Å². The van der Waals surface area contributed by atoms with E-state index in [0.29, 0.717) is 12.5 Å². The first kappa shape index (κ1) is 11.3. The molecule has 0 aromatic carbocycles. The number of allylic oxidation sites excluding steroid dienone is 1. The van der Waals surface area contributed by atoms with Gasteiger partial charge in [-0.3, -0.25) is 0 Å². The predicted molar refractivity (Wildman–Crippen MR) is 49.9 cm³/mol. The molecule has 12 heavy (non-hydrogen) atoms. The fourth-order valence-corrected chi connectivity index (χ4v) is 0.952. The molecule has 1 atom stereocenters. The van der Waals surface area contributed by atoms with E-state index in [1.165, 1.54) is 0 Å². The van der Waals surface area contributed by atoms with Crippen molar-refractivity contribution in [2.75, 3.05) is 6.54 Å². The maximum atomic E-state index is 9.36. The van der Waals surface area contributed by atoms with E-state index in [9.17, 15) is 5.11 Å². The van der Waals surface area contributed by atoms with Crippen LogP contribution >= 0.6 is 0 Å². The average Bonchev–Trinajstić information content (AvgIpc) is 1.99. The van der Waals surface area contributed by atoms with Crippen LogP contribution in [0.4, 0.5) is 0 Å². The first-order valence-electron chi connectivity index (χ1n) is 4.33. The molecule has 0 rings (SSSR count). The van der Waals surface area contributed by atoms with Crippen LogP contribution in [0.3, 0.4) is 0 Å². The summed E-state index contributed by atoms with van der Waals surface area (Å²) in [5, 5.41) is 21.0. The monoisotopic (exact) mass is 173 g/mol. The van der Waals surface area contributed by atoms with E-state index in [0.717, 1.165) is 6.42 Å². The zero-order chi connectivity index (χ0) is 9.56. The summed E-state index contributed by atoms with van der Waals surface area (Å²) < 4.78 is 0. The quantitative estimate of drug-likeness (QED) is 0.551. The number of hydrogen-bond acceptors (Lipinski definition) is 3.